The third-order valence-corrected chi connectivity index (χ3v) is 5.93. The van der Waals surface area contributed by atoms with E-state index in [1.165, 1.54) is 5.39 Å². The molecule has 0 fully saturated rings. The topological polar surface area (TPSA) is 38.4 Å². The van der Waals surface area contributed by atoms with E-state index in [0.717, 1.165) is 40.3 Å². The van der Waals surface area contributed by atoms with Crippen molar-refractivity contribution in [2.75, 3.05) is 23.8 Å². The maximum Gasteiger partial charge on any atom is 0.0488 e. The molecule has 0 atom stereocenters. The van der Waals surface area contributed by atoms with Gasteiger partial charge in [-0.2, -0.15) is 0 Å². The van der Waals surface area contributed by atoms with Gasteiger partial charge in [-0.3, -0.25) is 4.99 Å². The molecule has 0 aliphatic rings. The molecule has 4 heteroatoms. The van der Waals surface area contributed by atoms with E-state index in [-0.39, 0.29) is 0 Å². The summed E-state index contributed by atoms with van der Waals surface area (Å²) in [7, 11) is 3.74. The number of rotatable bonds is 9. The van der Waals surface area contributed by atoms with Gasteiger partial charge in [-0.05, 0) is 46.2 Å². The number of hydrogen-bond donors (Lipinski definition) is 1. The maximum absolute atomic E-state index is 5.82. The zero-order valence-corrected chi connectivity index (χ0v) is 16.2. The van der Waals surface area contributed by atoms with Crippen LogP contribution in [0.25, 0.3) is 16.8 Å². The molecule has 0 aliphatic carbocycles. The van der Waals surface area contributed by atoms with E-state index in [1.807, 2.05) is 58.2 Å². The van der Waals surface area contributed by atoms with Crippen LogP contribution in [0.5, 0.6) is 0 Å². The Morgan fingerprint density at radius 1 is 1.16 bits per heavy atom. The summed E-state index contributed by atoms with van der Waals surface area (Å²) in [6.07, 6.45) is 9.83. The van der Waals surface area contributed by atoms with Crippen molar-refractivity contribution in [1.29, 1.82) is 0 Å². The molecular weight excluding hydrogens is 344 g/mol. The summed E-state index contributed by atoms with van der Waals surface area (Å²) in [5, 5.41) is 2.34. The van der Waals surface area contributed by atoms with E-state index >= 15 is 0 Å². The highest BCUT2D eigenvalue weighted by Gasteiger charge is 1.95. The lowest BCUT2D eigenvalue weighted by molar-refractivity contribution is 1.16. The van der Waals surface area contributed by atoms with Gasteiger partial charge in [-0.15, -0.1) is 0 Å². The predicted octanol–water partition coefficient (Wildman–Crippen LogP) is 6.02. The Balaban J connectivity index is 1.98. The second-order valence-electron chi connectivity index (χ2n) is 5.35. The first-order valence-corrected chi connectivity index (χ1v) is 10.8. The van der Waals surface area contributed by atoms with Crippen LogP contribution < -0.4 is 5.73 Å². The number of anilines is 1. The van der Waals surface area contributed by atoms with Crippen molar-refractivity contribution < 1.29 is 0 Å². The zero-order valence-electron chi connectivity index (χ0n) is 14.5. The number of fused-ring (bicyclic) bond motifs is 1. The van der Waals surface area contributed by atoms with Crippen LogP contribution in [0.15, 0.2) is 71.8 Å². The van der Waals surface area contributed by atoms with Gasteiger partial charge in [0.25, 0.3) is 0 Å². The summed E-state index contributed by atoms with van der Waals surface area (Å²) in [6, 6.07) is 12.3. The number of hydrogen-bond acceptors (Lipinski definition) is 4. The molecular formula is C21H24N2S2. The molecule has 2 aromatic carbocycles. The Kier molecular flexibility index (Phi) is 8.43. The summed E-state index contributed by atoms with van der Waals surface area (Å²) >= 11 is 0. The van der Waals surface area contributed by atoms with Crippen LogP contribution in [0.2, 0.25) is 0 Å². The number of nitrogens with two attached hydrogens (primary N) is 1. The number of nitrogen functional groups attached to an aromatic ring is 1. The summed E-state index contributed by atoms with van der Waals surface area (Å²) in [5.41, 5.74) is 8.80. The molecule has 0 unspecified atom stereocenters. The highest BCUT2D eigenvalue weighted by molar-refractivity contribution is 8.76. The number of allylic oxidation sites excluding steroid dienone is 4. The van der Waals surface area contributed by atoms with Crippen molar-refractivity contribution in [3.63, 3.8) is 0 Å². The normalized spacial score (nSPS) is 12.4. The van der Waals surface area contributed by atoms with Gasteiger partial charge in [0, 0.05) is 30.0 Å². The number of nitrogens with zero attached hydrogens (tertiary/aromatic N) is 1. The number of benzene rings is 2. The van der Waals surface area contributed by atoms with Gasteiger partial charge in [0.1, 0.15) is 0 Å². The lowest BCUT2D eigenvalue weighted by Gasteiger charge is -2.01. The molecule has 0 spiro atoms. The fourth-order valence-electron chi connectivity index (χ4n) is 2.22. The average molecular weight is 369 g/mol. The predicted molar refractivity (Wildman–Crippen MR) is 120 cm³/mol. The minimum atomic E-state index is 0.790. The smallest absolute Gasteiger partial charge is 0.0488 e. The third-order valence-electron chi connectivity index (χ3n) is 3.47. The second kappa shape index (κ2) is 10.9. The molecule has 0 radical (unpaired) electrons. The zero-order chi connectivity index (χ0) is 17.9. The van der Waals surface area contributed by atoms with Crippen molar-refractivity contribution in [3.05, 3.63) is 72.3 Å². The van der Waals surface area contributed by atoms with Crippen molar-refractivity contribution in [2.45, 2.75) is 6.92 Å². The Morgan fingerprint density at radius 2 is 1.96 bits per heavy atom. The standard InChI is InChI=1S/C21H24N2S2/c1-3-17(11-12-23-13-14-25-24-4-2)5-6-18-7-8-20-16-21(22)10-9-19(20)15-18/h3,5-12,15-16H,1,4,13-14,22H2,2H3/b6-5+,17-11+,23-12?. The van der Waals surface area contributed by atoms with E-state index in [0.29, 0.717) is 0 Å². The molecule has 2 N–H and O–H groups in total. The van der Waals surface area contributed by atoms with Crippen LogP contribution in [-0.4, -0.2) is 24.3 Å². The van der Waals surface area contributed by atoms with E-state index in [1.54, 1.807) is 0 Å². The van der Waals surface area contributed by atoms with Gasteiger partial charge in [-0.25, -0.2) is 0 Å². The minimum absolute atomic E-state index is 0.790. The third kappa shape index (κ3) is 6.85. The van der Waals surface area contributed by atoms with Crippen LogP contribution in [0.3, 0.4) is 0 Å². The molecule has 0 bridgehead atoms. The van der Waals surface area contributed by atoms with Gasteiger partial charge >= 0.3 is 0 Å². The van der Waals surface area contributed by atoms with E-state index in [2.05, 4.69) is 48.8 Å². The first-order valence-electron chi connectivity index (χ1n) is 8.27. The van der Waals surface area contributed by atoms with Gasteiger partial charge in [-0.1, -0.05) is 71.5 Å². The first kappa shape index (κ1) is 19.4. The molecule has 2 nitrogen and oxygen atoms in total. The Labute approximate surface area is 158 Å². The van der Waals surface area contributed by atoms with Crippen LogP contribution in [0, 0.1) is 0 Å². The monoisotopic (exact) mass is 368 g/mol. The van der Waals surface area contributed by atoms with Crippen LogP contribution in [0.1, 0.15) is 12.5 Å². The molecule has 2 aromatic rings. The summed E-state index contributed by atoms with van der Waals surface area (Å²) in [6.45, 7) is 6.88. The lowest BCUT2D eigenvalue weighted by atomic mass is 10.1. The fraction of sp³-hybridized carbons (Fsp3) is 0.190. The molecule has 0 saturated heterocycles. The Bertz CT molecular complexity index is 792. The van der Waals surface area contributed by atoms with Crippen molar-refractivity contribution in [1.82, 2.24) is 0 Å². The van der Waals surface area contributed by atoms with Gasteiger partial charge in [0.15, 0.2) is 0 Å². The van der Waals surface area contributed by atoms with Crippen LogP contribution >= 0.6 is 21.6 Å². The largest absolute Gasteiger partial charge is 0.399 e. The van der Waals surface area contributed by atoms with E-state index in [4.69, 9.17) is 5.73 Å². The summed E-state index contributed by atoms with van der Waals surface area (Å²) in [4.78, 5) is 4.41. The van der Waals surface area contributed by atoms with Crippen molar-refractivity contribution in [2.24, 2.45) is 4.99 Å². The van der Waals surface area contributed by atoms with E-state index < -0.39 is 0 Å². The molecule has 25 heavy (non-hydrogen) atoms. The minimum Gasteiger partial charge on any atom is -0.399 e. The first-order chi connectivity index (χ1) is 12.2. The molecule has 0 saturated carbocycles. The van der Waals surface area contributed by atoms with Crippen LogP contribution in [0.4, 0.5) is 5.69 Å². The van der Waals surface area contributed by atoms with Crippen molar-refractivity contribution in [3.8, 4) is 0 Å². The van der Waals surface area contributed by atoms with Gasteiger partial charge < -0.3 is 5.73 Å². The Morgan fingerprint density at radius 3 is 2.76 bits per heavy atom. The Hall–Kier alpha value is -1.91. The van der Waals surface area contributed by atoms with Crippen LogP contribution in [-0.2, 0) is 0 Å². The maximum atomic E-state index is 5.82. The molecule has 0 aliphatic heterocycles. The molecule has 130 valence electrons. The van der Waals surface area contributed by atoms with Crippen molar-refractivity contribution >= 4 is 50.3 Å². The molecule has 0 amide bonds. The summed E-state index contributed by atoms with van der Waals surface area (Å²) in [5.74, 6) is 2.19. The molecule has 0 aromatic heterocycles. The fourth-order valence-corrected chi connectivity index (χ4v) is 3.76. The second-order valence-corrected chi connectivity index (χ2v) is 8.23. The van der Waals surface area contributed by atoms with E-state index in [9.17, 15) is 0 Å². The highest BCUT2D eigenvalue weighted by atomic mass is 33.1. The lowest BCUT2D eigenvalue weighted by Crippen LogP contribution is -1.84. The summed E-state index contributed by atoms with van der Waals surface area (Å²) < 4.78 is 0. The highest BCUT2D eigenvalue weighted by Crippen LogP contribution is 2.20. The quantitative estimate of drug-likeness (QED) is 0.193. The molecule has 2 rings (SSSR count). The number of aliphatic imine (C=N–C) groups is 1. The van der Waals surface area contributed by atoms with Gasteiger partial charge in [0.05, 0.1) is 0 Å². The SMILES string of the molecule is C=CC(/C=C/c1ccc2cc(N)ccc2c1)=C\C=NCCSSCC. The molecule has 0 heterocycles. The average Bonchev–Trinajstić information content (AvgIpc) is 2.63. The van der Waals surface area contributed by atoms with Gasteiger partial charge in [0.2, 0.25) is 0 Å².